The average Bonchev–Trinajstić information content (AvgIpc) is 2.57. The number of rotatable bonds is 16. The third-order valence-corrected chi connectivity index (χ3v) is 4.77. The maximum atomic E-state index is 10.9. The zero-order chi connectivity index (χ0) is 17.0. The van der Waals surface area contributed by atoms with Gasteiger partial charge in [-0.05, 0) is 37.2 Å². The first-order valence-corrected chi connectivity index (χ1v) is 10.5. The minimum atomic E-state index is -0.126. The van der Waals surface area contributed by atoms with E-state index in [9.17, 15) is 4.79 Å². The molecule has 2 nitrogen and oxygen atoms in total. The van der Waals surface area contributed by atoms with Crippen molar-refractivity contribution in [3.05, 3.63) is 17.9 Å². The molecule has 0 aliphatic heterocycles. The van der Waals surface area contributed by atoms with Crippen molar-refractivity contribution in [1.82, 2.24) is 0 Å². The standard InChI is InChI=1S/C20H36O2S/c1-3-4-5-6-7-8-9-12-15-18-23-19-16-13-10-11-14-17-20(21)22-2/h10,16H,3-9,11-12,14-15,17-19H2,1-2H3. The number of hydrogen-bond acceptors (Lipinski definition) is 3. The summed E-state index contributed by atoms with van der Waals surface area (Å²) in [5.41, 5.74) is 3.19. The Morgan fingerprint density at radius 3 is 2.26 bits per heavy atom. The first-order valence-electron chi connectivity index (χ1n) is 9.35. The predicted molar refractivity (Wildman–Crippen MR) is 103 cm³/mol. The van der Waals surface area contributed by atoms with Crippen LogP contribution in [0.25, 0.3) is 0 Å². The fourth-order valence-electron chi connectivity index (χ4n) is 2.32. The molecule has 0 aliphatic carbocycles. The first-order chi connectivity index (χ1) is 11.3. The van der Waals surface area contributed by atoms with E-state index in [4.69, 9.17) is 0 Å². The van der Waals surface area contributed by atoms with Crippen LogP contribution in [0, 0.1) is 0 Å². The Hall–Kier alpha value is -0.660. The Balaban J connectivity index is 3.20. The van der Waals surface area contributed by atoms with Crippen molar-refractivity contribution in [2.45, 2.75) is 84.0 Å². The second-order valence-electron chi connectivity index (χ2n) is 5.95. The highest BCUT2D eigenvalue weighted by atomic mass is 32.2. The van der Waals surface area contributed by atoms with Crippen molar-refractivity contribution in [1.29, 1.82) is 0 Å². The van der Waals surface area contributed by atoms with Crippen LogP contribution in [0.5, 0.6) is 0 Å². The molecule has 0 spiro atoms. The van der Waals surface area contributed by atoms with Crippen LogP contribution in [0.15, 0.2) is 17.9 Å². The van der Waals surface area contributed by atoms with Crippen LogP contribution in [0.2, 0.25) is 0 Å². The Morgan fingerprint density at radius 2 is 1.61 bits per heavy atom. The molecule has 0 rings (SSSR count). The molecule has 0 saturated carbocycles. The molecule has 0 aromatic heterocycles. The van der Waals surface area contributed by atoms with Crippen LogP contribution in [0.1, 0.15) is 84.0 Å². The summed E-state index contributed by atoms with van der Waals surface area (Å²) >= 11 is 1.99. The quantitative estimate of drug-likeness (QED) is 0.187. The third kappa shape index (κ3) is 19.3. The number of methoxy groups -OCH3 is 1. The van der Waals surface area contributed by atoms with E-state index >= 15 is 0 Å². The van der Waals surface area contributed by atoms with Gasteiger partial charge in [0.05, 0.1) is 7.11 Å². The molecule has 0 aromatic carbocycles. The van der Waals surface area contributed by atoms with Gasteiger partial charge in [-0.1, -0.05) is 58.3 Å². The number of carbonyl (C=O) groups excluding carboxylic acids is 1. The molecule has 3 heteroatoms. The molecule has 0 aliphatic rings. The number of carbonyl (C=O) groups is 1. The zero-order valence-corrected chi connectivity index (χ0v) is 16.1. The topological polar surface area (TPSA) is 26.3 Å². The van der Waals surface area contributed by atoms with E-state index < -0.39 is 0 Å². The van der Waals surface area contributed by atoms with Crippen molar-refractivity contribution < 1.29 is 9.53 Å². The van der Waals surface area contributed by atoms with Gasteiger partial charge in [-0.3, -0.25) is 4.79 Å². The molecular weight excluding hydrogens is 304 g/mol. The van der Waals surface area contributed by atoms with Gasteiger partial charge in [-0.15, -0.1) is 5.73 Å². The van der Waals surface area contributed by atoms with Crippen molar-refractivity contribution >= 4 is 17.7 Å². The Morgan fingerprint density at radius 1 is 0.957 bits per heavy atom. The van der Waals surface area contributed by atoms with E-state index in [-0.39, 0.29) is 5.97 Å². The highest BCUT2D eigenvalue weighted by molar-refractivity contribution is 7.99. The monoisotopic (exact) mass is 340 g/mol. The summed E-state index contributed by atoms with van der Waals surface area (Å²) in [4.78, 5) is 10.9. The largest absolute Gasteiger partial charge is 0.469 e. The molecule has 0 amide bonds. The van der Waals surface area contributed by atoms with Gasteiger partial charge in [0.25, 0.3) is 0 Å². The maximum Gasteiger partial charge on any atom is 0.305 e. The fraction of sp³-hybridized carbons (Fsp3) is 0.800. The fourth-order valence-corrected chi connectivity index (χ4v) is 3.11. The maximum absolute atomic E-state index is 10.9. The second-order valence-corrected chi connectivity index (χ2v) is 7.10. The van der Waals surface area contributed by atoms with Crippen LogP contribution >= 0.6 is 11.8 Å². The molecular formula is C20H36O2S. The van der Waals surface area contributed by atoms with Gasteiger partial charge in [-0.2, -0.15) is 11.8 Å². The summed E-state index contributed by atoms with van der Waals surface area (Å²) in [7, 11) is 1.43. The van der Waals surface area contributed by atoms with Crippen LogP contribution in [-0.4, -0.2) is 24.6 Å². The molecule has 0 radical (unpaired) electrons. The number of esters is 1. The number of hydrogen-bond donors (Lipinski definition) is 0. The summed E-state index contributed by atoms with van der Waals surface area (Å²) < 4.78 is 4.59. The van der Waals surface area contributed by atoms with E-state index in [0.29, 0.717) is 6.42 Å². The molecule has 0 unspecified atom stereocenters. The van der Waals surface area contributed by atoms with Crippen molar-refractivity contribution in [2.24, 2.45) is 0 Å². The minimum absolute atomic E-state index is 0.126. The number of unbranched alkanes of at least 4 members (excludes halogenated alkanes) is 9. The normalized spacial score (nSPS) is 10.2. The Kier molecular flexibility index (Phi) is 18.8. The van der Waals surface area contributed by atoms with Gasteiger partial charge in [0.2, 0.25) is 0 Å². The highest BCUT2D eigenvalue weighted by Crippen LogP contribution is 2.11. The van der Waals surface area contributed by atoms with Crippen LogP contribution in [0.3, 0.4) is 0 Å². The second kappa shape index (κ2) is 19.4. The van der Waals surface area contributed by atoms with E-state index in [1.165, 1.54) is 70.7 Å². The number of thioether (sulfide) groups is 1. The minimum Gasteiger partial charge on any atom is -0.469 e. The molecule has 23 heavy (non-hydrogen) atoms. The lowest BCUT2D eigenvalue weighted by Crippen LogP contribution is -1.98. The summed E-state index contributed by atoms with van der Waals surface area (Å²) in [6, 6.07) is 0. The lowest BCUT2D eigenvalue weighted by molar-refractivity contribution is -0.140. The highest BCUT2D eigenvalue weighted by Gasteiger charge is 1.96. The molecule has 0 saturated heterocycles. The van der Waals surface area contributed by atoms with Crippen molar-refractivity contribution in [3.8, 4) is 0 Å². The Bertz CT molecular complexity index is 320. The van der Waals surface area contributed by atoms with Gasteiger partial charge in [0.1, 0.15) is 0 Å². The van der Waals surface area contributed by atoms with Gasteiger partial charge in [0.15, 0.2) is 0 Å². The van der Waals surface area contributed by atoms with Crippen LogP contribution < -0.4 is 0 Å². The molecule has 0 fully saturated rings. The SMILES string of the molecule is CCCCCCCCCCCSCC=C=CCCCC(=O)OC. The summed E-state index contributed by atoms with van der Waals surface area (Å²) in [5.74, 6) is 2.18. The van der Waals surface area contributed by atoms with Gasteiger partial charge in [-0.25, -0.2) is 0 Å². The molecule has 0 aromatic rings. The molecule has 0 N–H and O–H groups in total. The van der Waals surface area contributed by atoms with Crippen molar-refractivity contribution in [2.75, 3.05) is 18.6 Å². The van der Waals surface area contributed by atoms with Crippen LogP contribution in [-0.2, 0) is 9.53 Å². The smallest absolute Gasteiger partial charge is 0.305 e. The predicted octanol–water partition coefficient (Wildman–Crippen LogP) is 6.31. The molecule has 0 atom stereocenters. The first kappa shape index (κ1) is 22.3. The van der Waals surface area contributed by atoms with Gasteiger partial charge in [0, 0.05) is 12.2 Å². The molecule has 0 heterocycles. The zero-order valence-electron chi connectivity index (χ0n) is 15.3. The van der Waals surface area contributed by atoms with Crippen molar-refractivity contribution in [3.63, 3.8) is 0 Å². The summed E-state index contributed by atoms with van der Waals surface area (Å²) in [6.45, 7) is 2.27. The molecule has 0 bridgehead atoms. The van der Waals surface area contributed by atoms with E-state index in [2.05, 4.69) is 23.5 Å². The summed E-state index contributed by atoms with van der Waals surface area (Å²) in [6.07, 6.45) is 18.9. The van der Waals surface area contributed by atoms with Gasteiger partial charge < -0.3 is 4.74 Å². The van der Waals surface area contributed by atoms with E-state index in [0.717, 1.165) is 18.6 Å². The lowest BCUT2D eigenvalue weighted by Gasteiger charge is -2.01. The number of ether oxygens (including phenoxy) is 1. The van der Waals surface area contributed by atoms with Gasteiger partial charge >= 0.3 is 5.97 Å². The summed E-state index contributed by atoms with van der Waals surface area (Å²) in [5, 5.41) is 0. The lowest BCUT2D eigenvalue weighted by atomic mass is 10.1. The molecule has 134 valence electrons. The average molecular weight is 341 g/mol. The van der Waals surface area contributed by atoms with E-state index in [1.807, 2.05) is 17.8 Å². The third-order valence-electron chi connectivity index (χ3n) is 3.79. The van der Waals surface area contributed by atoms with Crippen LogP contribution in [0.4, 0.5) is 0 Å². The Labute approximate surface area is 148 Å². The van der Waals surface area contributed by atoms with E-state index in [1.54, 1.807) is 0 Å².